The third-order valence-corrected chi connectivity index (χ3v) is 4.03. The summed E-state index contributed by atoms with van der Waals surface area (Å²) in [6.45, 7) is 0.441. The van der Waals surface area contributed by atoms with Crippen LogP contribution in [0.2, 0.25) is 0 Å². The minimum absolute atomic E-state index is 0.157. The third kappa shape index (κ3) is 3.71. The molecule has 1 fully saturated rings. The normalized spacial score (nSPS) is 16.9. The van der Waals surface area contributed by atoms with Gasteiger partial charge in [-0.3, -0.25) is 4.79 Å². The van der Waals surface area contributed by atoms with Crippen LogP contribution in [0.4, 0.5) is 13.2 Å². The summed E-state index contributed by atoms with van der Waals surface area (Å²) in [4.78, 5) is 17.2. The number of carbonyl (C=O) groups is 1. The summed E-state index contributed by atoms with van der Waals surface area (Å²) in [7, 11) is 0. The largest absolute Gasteiger partial charge is 0.406 e. The van der Waals surface area contributed by atoms with Gasteiger partial charge in [0.05, 0.1) is 5.56 Å². The number of amides is 1. The predicted octanol–water partition coefficient (Wildman–Crippen LogP) is 3.65. The molecule has 0 spiro atoms. The number of rotatable bonds is 4. The monoisotopic (exact) mass is 350 g/mol. The number of carbonyl (C=O) groups excluding carboxylic acids is 1. The Morgan fingerprint density at radius 2 is 2.20 bits per heavy atom. The van der Waals surface area contributed by atoms with Gasteiger partial charge in [0.2, 0.25) is 0 Å². The highest BCUT2D eigenvalue weighted by Gasteiger charge is 2.41. The van der Waals surface area contributed by atoms with Crippen molar-refractivity contribution in [2.75, 3.05) is 6.54 Å². The molecular formula is C13H14BrF3N2O. The first kappa shape index (κ1) is 15.3. The molecular weight excluding hydrogens is 337 g/mol. The molecule has 1 amide bonds. The van der Waals surface area contributed by atoms with Crippen molar-refractivity contribution in [3.63, 3.8) is 0 Å². The highest BCUT2D eigenvalue weighted by molar-refractivity contribution is 9.10. The van der Waals surface area contributed by atoms with Gasteiger partial charge in [-0.1, -0.05) is 0 Å². The first-order valence-corrected chi connectivity index (χ1v) is 7.07. The van der Waals surface area contributed by atoms with Gasteiger partial charge in [0, 0.05) is 12.2 Å². The number of pyridine rings is 1. The molecule has 0 aromatic carbocycles. The molecule has 1 aliphatic rings. The van der Waals surface area contributed by atoms with Crippen LogP contribution in [0.1, 0.15) is 30.1 Å². The lowest BCUT2D eigenvalue weighted by Gasteiger charge is -2.30. The number of aromatic nitrogens is 1. The van der Waals surface area contributed by atoms with Crippen LogP contribution in [-0.2, 0) is 0 Å². The first-order chi connectivity index (χ1) is 9.29. The lowest BCUT2D eigenvalue weighted by molar-refractivity contribution is -0.144. The Bertz CT molecular complexity index is 503. The van der Waals surface area contributed by atoms with Crippen molar-refractivity contribution in [1.82, 2.24) is 9.88 Å². The second-order valence-corrected chi connectivity index (χ2v) is 5.72. The zero-order chi connectivity index (χ0) is 14.9. The fourth-order valence-corrected chi connectivity index (χ4v) is 2.55. The second-order valence-electron chi connectivity index (χ2n) is 4.97. The van der Waals surface area contributed by atoms with Crippen LogP contribution in [-0.4, -0.2) is 34.6 Å². The molecule has 3 nitrogen and oxygen atoms in total. The highest BCUT2D eigenvalue weighted by atomic mass is 79.9. The van der Waals surface area contributed by atoms with E-state index in [1.165, 1.54) is 18.3 Å². The van der Waals surface area contributed by atoms with E-state index in [0.29, 0.717) is 0 Å². The molecule has 2 rings (SSSR count). The van der Waals surface area contributed by atoms with E-state index in [1.807, 2.05) is 0 Å². The second kappa shape index (κ2) is 5.71. The zero-order valence-electron chi connectivity index (χ0n) is 10.8. The van der Waals surface area contributed by atoms with Crippen molar-refractivity contribution in [2.24, 2.45) is 5.92 Å². The average molecular weight is 351 g/mol. The Morgan fingerprint density at radius 3 is 2.70 bits per heavy atom. The average Bonchev–Trinajstić information content (AvgIpc) is 3.18. The molecule has 1 saturated carbocycles. The van der Waals surface area contributed by atoms with Gasteiger partial charge < -0.3 is 4.90 Å². The lowest BCUT2D eigenvalue weighted by atomic mass is 10.1. The van der Waals surface area contributed by atoms with Crippen LogP contribution in [0.15, 0.2) is 22.9 Å². The number of halogens is 4. The smallest absolute Gasteiger partial charge is 0.326 e. The summed E-state index contributed by atoms with van der Waals surface area (Å²) in [6.07, 6.45) is -1.19. The number of hydrogen-bond donors (Lipinski definition) is 0. The Hall–Kier alpha value is -1.11. The summed E-state index contributed by atoms with van der Waals surface area (Å²) in [5.41, 5.74) is 0.157. The van der Waals surface area contributed by atoms with Crippen LogP contribution in [0, 0.1) is 5.92 Å². The van der Waals surface area contributed by atoms with Crippen LogP contribution in [0.3, 0.4) is 0 Å². The molecule has 1 aliphatic carbocycles. The quantitative estimate of drug-likeness (QED) is 0.776. The van der Waals surface area contributed by atoms with Crippen LogP contribution in [0.5, 0.6) is 0 Å². The Kier molecular flexibility index (Phi) is 4.36. The molecule has 110 valence electrons. The molecule has 20 heavy (non-hydrogen) atoms. The molecule has 1 unspecified atom stereocenters. The maximum atomic E-state index is 12.7. The first-order valence-electron chi connectivity index (χ1n) is 6.28. The molecule has 0 N–H and O–H groups in total. The van der Waals surface area contributed by atoms with E-state index in [0.717, 1.165) is 17.7 Å². The molecule has 7 heteroatoms. The van der Waals surface area contributed by atoms with Gasteiger partial charge in [-0.2, -0.15) is 13.2 Å². The van der Waals surface area contributed by atoms with Gasteiger partial charge >= 0.3 is 6.18 Å². The van der Waals surface area contributed by atoms with Crippen LogP contribution >= 0.6 is 15.9 Å². The van der Waals surface area contributed by atoms with Crippen LogP contribution < -0.4 is 0 Å². The molecule has 1 heterocycles. The molecule has 0 saturated heterocycles. The minimum Gasteiger partial charge on any atom is -0.326 e. The Balaban J connectivity index is 2.25. The molecule has 1 aromatic heterocycles. The van der Waals surface area contributed by atoms with Crippen molar-refractivity contribution < 1.29 is 18.0 Å². The number of hydrogen-bond acceptors (Lipinski definition) is 2. The maximum Gasteiger partial charge on any atom is 0.406 e. The summed E-state index contributed by atoms with van der Waals surface area (Å²) < 4.78 is 38.4. The summed E-state index contributed by atoms with van der Waals surface area (Å²) in [6, 6.07) is 2.59. The Morgan fingerprint density at radius 1 is 1.55 bits per heavy atom. The molecule has 0 bridgehead atoms. The standard InChI is InChI=1S/C13H14BrF3N2O/c1-8(9-4-5-9)19(7-13(15,16)17)12(20)10-3-2-6-18-11(10)14/h2-3,6,8-9H,4-5,7H2,1H3. The number of nitrogens with zero attached hydrogens (tertiary/aromatic N) is 2. The fourth-order valence-electron chi connectivity index (χ4n) is 2.13. The van der Waals surface area contributed by atoms with Gasteiger partial charge in [-0.15, -0.1) is 0 Å². The van der Waals surface area contributed by atoms with Crippen molar-refractivity contribution in [3.05, 3.63) is 28.5 Å². The fraction of sp³-hybridized carbons (Fsp3) is 0.538. The Labute approximate surface area is 123 Å². The summed E-state index contributed by atoms with van der Waals surface area (Å²) >= 11 is 3.11. The van der Waals surface area contributed by atoms with Crippen molar-refractivity contribution in [2.45, 2.75) is 32.0 Å². The maximum absolute atomic E-state index is 12.7. The highest BCUT2D eigenvalue weighted by Crippen LogP contribution is 2.37. The van der Waals surface area contributed by atoms with E-state index >= 15 is 0 Å². The molecule has 0 aliphatic heterocycles. The van der Waals surface area contributed by atoms with Crippen molar-refractivity contribution in [3.8, 4) is 0 Å². The van der Waals surface area contributed by atoms with Gasteiger partial charge in [-0.05, 0) is 53.7 Å². The molecule has 0 radical (unpaired) electrons. The SMILES string of the molecule is CC(C1CC1)N(CC(F)(F)F)C(=O)c1cccnc1Br. The number of alkyl halides is 3. The van der Waals surface area contributed by atoms with Gasteiger partial charge in [0.25, 0.3) is 5.91 Å². The van der Waals surface area contributed by atoms with Crippen molar-refractivity contribution in [1.29, 1.82) is 0 Å². The molecule has 1 atom stereocenters. The third-order valence-electron chi connectivity index (χ3n) is 3.40. The van der Waals surface area contributed by atoms with E-state index < -0.39 is 24.7 Å². The van der Waals surface area contributed by atoms with E-state index in [2.05, 4.69) is 20.9 Å². The summed E-state index contributed by atoms with van der Waals surface area (Å²) in [5, 5.41) is 0. The minimum atomic E-state index is -4.41. The molecule has 1 aromatic rings. The zero-order valence-corrected chi connectivity index (χ0v) is 12.4. The van der Waals surface area contributed by atoms with E-state index in [1.54, 1.807) is 6.92 Å². The van der Waals surface area contributed by atoms with E-state index in [9.17, 15) is 18.0 Å². The van der Waals surface area contributed by atoms with E-state index in [4.69, 9.17) is 0 Å². The topological polar surface area (TPSA) is 33.2 Å². The van der Waals surface area contributed by atoms with Gasteiger partial charge in [0.15, 0.2) is 0 Å². The predicted molar refractivity (Wildman–Crippen MR) is 71.2 cm³/mol. The van der Waals surface area contributed by atoms with Crippen LogP contribution in [0.25, 0.3) is 0 Å². The van der Waals surface area contributed by atoms with Crippen molar-refractivity contribution >= 4 is 21.8 Å². The van der Waals surface area contributed by atoms with E-state index in [-0.39, 0.29) is 16.1 Å². The van der Waals surface area contributed by atoms with Gasteiger partial charge in [0.1, 0.15) is 11.1 Å². The summed E-state index contributed by atoms with van der Waals surface area (Å²) in [5.74, 6) is -0.474. The van der Waals surface area contributed by atoms with Gasteiger partial charge in [-0.25, -0.2) is 4.98 Å². The lowest BCUT2D eigenvalue weighted by Crippen LogP contribution is -2.45.